The molecular formula is C13H17FN2O2. The lowest BCUT2D eigenvalue weighted by Crippen LogP contribution is -2.48. The molecule has 1 aromatic rings. The molecule has 2 rings (SSSR count). The summed E-state index contributed by atoms with van der Waals surface area (Å²) >= 11 is 0. The van der Waals surface area contributed by atoms with Crippen molar-refractivity contribution in [1.29, 1.82) is 0 Å². The summed E-state index contributed by atoms with van der Waals surface area (Å²) in [6, 6.07) is 3.93. The summed E-state index contributed by atoms with van der Waals surface area (Å²) in [4.78, 5) is 13.8. The fourth-order valence-corrected chi connectivity index (χ4v) is 2.25. The maximum absolute atomic E-state index is 13.0. The fraction of sp³-hybridized carbons (Fsp3) is 0.462. The Labute approximate surface area is 105 Å². The Hall–Kier alpha value is -1.62. The van der Waals surface area contributed by atoms with Gasteiger partial charge in [0.25, 0.3) is 5.91 Å². The van der Waals surface area contributed by atoms with Gasteiger partial charge >= 0.3 is 0 Å². The Morgan fingerprint density at radius 3 is 2.89 bits per heavy atom. The zero-order valence-electron chi connectivity index (χ0n) is 10.3. The first kappa shape index (κ1) is 12.8. The molecule has 5 heteroatoms. The van der Waals surface area contributed by atoms with Crippen molar-refractivity contribution in [2.75, 3.05) is 18.8 Å². The molecule has 1 saturated heterocycles. The molecule has 1 aliphatic rings. The number of benzene rings is 1. The van der Waals surface area contributed by atoms with Crippen molar-refractivity contribution in [3.63, 3.8) is 0 Å². The van der Waals surface area contributed by atoms with Gasteiger partial charge in [-0.25, -0.2) is 4.39 Å². The van der Waals surface area contributed by atoms with Crippen LogP contribution < -0.4 is 5.73 Å². The number of nitrogens with two attached hydrogens (primary N) is 1. The summed E-state index contributed by atoms with van der Waals surface area (Å²) in [7, 11) is 0. The molecule has 0 spiro atoms. The minimum absolute atomic E-state index is 0.0374. The van der Waals surface area contributed by atoms with E-state index in [1.165, 1.54) is 18.2 Å². The molecule has 3 N–H and O–H groups in total. The molecule has 4 nitrogen and oxygen atoms in total. The number of anilines is 1. The Morgan fingerprint density at radius 2 is 2.28 bits per heavy atom. The van der Waals surface area contributed by atoms with Gasteiger partial charge in [0.1, 0.15) is 5.82 Å². The van der Waals surface area contributed by atoms with Crippen molar-refractivity contribution in [3.8, 4) is 0 Å². The average molecular weight is 252 g/mol. The van der Waals surface area contributed by atoms with Gasteiger partial charge in [-0.05, 0) is 38.0 Å². The summed E-state index contributed by atoms with van der Waals surface area (Å²) < 4.78 is 13.0. The van der Waals surface area contributed by atoms with Crippen LogP contribution in [-0.2, 0) is 0 Å². The van der Waals surface area contributed by atoms with Gasteiger partial charge in [0.2, 0.25) is 0 Å². The molecule has 0 aromatic heterocycles. The van der Waals surface area contributed by atoms with Crippen molar-refractivity contribution in [1.82, 2.24) is 4.90 Å². The maximum Gasteiger partial charge on any atom is 0.254 e. The summed E-state index contributed by atoms with van der Waals surface area (Å²) in [5, 5.41) is 9.96. The normalized spacial score (nSPS) is 24.1. The topological polar surface area (TPSA) is 66.6 Å². The van der Waals surface area contributed by atoms with E-state index in [0.29, 0.717) is 25.1 Å². The van der Waals surface area contributed by atoms with E-state index in [1.807, 2.05) is 0 Å². The molecule has 98 valence electrons. The molecule has 1 atom stereocenters. The molecule has 18 heavy (non-hydrogen) atoms. The highest BCUT2D eigenvalue weighted by Crippen LogP contribution is 2.22. The number of β-amino-alcohol motifs (C(OH)–C–C–N with tert-alkyl or cyclic N) is 1. The third kappa shape index (κ3) is 2.61. The molecular weight excluding hydrogens is 235 g/mol. The molecule has 1 heterocycles. The highest BCUT2D eigenvalue weighted by molar-refractivity contribution is 5.95. The second-order valence-electron chi connectivity index (χ2n) is 5.06. The van der Waals surface area contributed by atoms with E-state index >= 15 is 0 Å². The van der Waals surface area contributed by atoms with E-state index in [9.17, 15) is 14.3 Å². The SMILES string of the molecule is CC1(O)CCCN(C(=O)c2ccc(F)c(N)c2)C1. The molecule has 1 aromatic carbocycles. The monoisotopic (exact) mass is 252 g/mol. The van der Waals surface area contributed by atoms with Gasteiger partial charge in [0, 0.05) is 18.7 Å². The van der Waals surface area contributed by atoms with Gasteiger partial charge in [-0.3, -0.25) is 4.79 Å². The molecule has 0 bridgehead atoms. The van der Waals surface area contributed by atoms with Crippen molar-refractivity contribution < 1.29 is 14.3 Å². The molecule has 0 aliphatic carbocycles. The van der Waals surface area contributed by atoms with E-state index in [1.54, 1.807) is 11.8 Å². The predicted octanol–water partition coefficient (Wildman–Crippen LogP) is 1.39. The minimum Gasteiger partial charge on any atom is -0.396 e. The molecule has 0 radical (unpaired) electrons. The second kappa shape index (κ2) is 4.57. The van der Waals surface area contributed by atoms with Crippen LogP contribution in [0.1, 0.15) is 30.1 Å². The summed E-state index contributed by atoms with van der Waals surface area (Å²) in [5.74, 6) is -0.751. The first-order valence-corrected chi connectivity index (χ1v) is 5.96. The van der Waals surface area contributed by atoms with Crippen LogP contribution in [0.3, 0.4) is 0 Å². The first-order chi connectivity index (χ1) is 8.39. The van der Waals surface area contributed by atoms with Crippen LogP contribution in [0.5, 0.6) is 0 Å². The van der Waals surface area contributed by atoms with Crippen LogP contribution in [0.25, 0.3) is 0 Å². The number of carbonyl (C=O) groups excluding carboxylic acids is 1. The zero-order valence-corrected chi connectivity index (χ0v) is 10.3. The zero-order chi connectivity index (χ0) is 13.3. The first-order valence-electron chi connectivity index (χ1n) is 5.96. The van der Waals surface area contributed by atoms with Crippen molar-refractivity contribution in [2.24, 2.45) is 0 Å². The van der Waals surface area contributed by atoms with Crippen molar-refractivity contribution in [2.45, 2.75) is 25.4 Å². The lowest BCUT2D eigenvalue weighted by molar-refractivity contribution is -0.0107. The molecule has 1 aliphatic heterocycles. The third-order valence-corrected chi connectivity index (χ3v) is 3.21. The van der Waals surface area contributed by atoms with Gasteiger partial charge in [-0.2, -0.15) is 0 Å². The van der Waals surface area contributed by atoms with E-state index in [0.717, 1.165) is 6.42 Å². The Kier molecular flexibility index (Phi) is 3.26. The summed E-state index contributed by atoms with van der Waals surface area (Å²) in [6.07, 6.45) is 1.44. The molecule has 1 fully saturated rings. The van der Waals surface area contributed by atoms with Crippen molar-refractivity contribution in [3.05, 3.63) is 29.6 Å². The fourth-order valence-electron chi connectivity index (χ4n) is 2.25. The number of rotatable bonds is 1. The Morgan fingerprint density at radius 1 is 1.56 bits per heavy atom. The highest BCUT2D eigenvalue weighted by atomic mass is 19.1. The average Bonchev–Trinajstić information content (AvgIpc) is 2.30. The lowest BCUT2D eigenvalue weighted by atomic mass is 9.94. The number of nitrogen functional groups attached to an aromatic ring is 1. The molecule has 1 amide bonds. The van der Waals surface area contributed by atoms with Gasteiger partial charge in [0.15, 0.2) is 0 Å². The summed E-state index contributed by atoms with van der Waals surface area (Å²) in [6.45, 7) is 2.61. The highest BCUT2D eigenvalue weighted by Gasteiger charge is 2.31. The quantitative estimate of drug-likeness (QED) is 0.742. The van der Waals surface area contributed by atoms with Gasteiger partial charge in [0.05, 0.1) is 11.3 Å². The number of nitrogens with zero attached hydrogens (tertiary/aromatic N) is 1. The standard InChI is InChI=1S/C13H17FN2O2/c1-13(18)5-2-6-16(8-13)12(17)9-3-4-10(14)11(15)7-9/h3-4,7,18H,2,5-6,8,15H2,1H3. The molecule has 0 saturated carbocycles. The van der Waals surface area contributed by atoms with Gasteiger partial charge in [-0.15, -0.1) is 0 Å². The number of hydrogen-bond donors (Lipinski definition) is 2. The smallest absolute Gasteiger partial charge is 0.254 e. The number of likely N-dealkylation sites (tertiary alicyclic amines) is 1. The second-order valence-corrected chi connectivity index (χ2v) is 5.06. The number of amides is 1. The minimum atomic E-state index is -0.848. The molecule has 1 unspecified atom stereocenters. The number of aliphatic hydroxyl groups is 1. The van der Waals surface area contributed by atoms with E-state index < -0.39 is 11.4 Å². The van der Waals surface area contributed by atoms with E-state index in [2.05, 4.69) is 0 Å². The number of piperidine rings is 1. The van der Waals surface area contributed by atoms with E-state index in [-0.39, 0.29) is 11.6 Å². The van der Waals surface area contributed by atoms with Crippen LogP contribution >= 0.6 is 0 Å². The number of carbonyl (C=O) groups is 1. The lowest BCUT2D eigenvalue weighted by Gasteiger charge is -2.36. The number of hydrogen-bond acceptors (Lipinski definition) is 3. The maximum atomic E-state index is 13.0. The van der Waals surface area contributed by atoms with Crippen LogP contribution in [-0.4, -0.2) is 34.6 Å². The van der Waals surface area contributed by atoms with Crippen LogP contribution in [0.2, 0.25) is 0 Å². The van der Waals surface area contributed by atoms with Crippen LogP contribution in [0, 0.1) is 5.82 Å². The van der Waals surface area contributed by atoms with Gasteiger partial charge in [-0.1, -0.05) is 0 Å². The third-order valence-electron chi connectivity index (χ3n) is 3.21. The summed E-state index contributed by atoms with van der Waals surface area (Å²) in [5.41, 5.74) is 4.91. The largest absolute Gasteiger partial charge is 0.396 e. The van der Waals surface area contributed by atoms with Gasteiger partial charge < -0.3 is 15.7 Å². The van der Waals surface area contributed by atoms with E-state index in [4.69, 9.17) is 5.73 Å². The van der Waals surface area contributed by atoms with Crippen LogP contribution in [0.15, 0.2) is 18.2 Å². The predicted molar refractivity (Wildman–Crippen MR) is 66.6 cm³/mol. The Bertz CT molecular complexity index is 474. The Balaban J connectivity index is 2.18. The van der Waals surface area contributed by atoms with Crippen molar-refractivity contribution >= 4 is 11.6 Å². The number of halogens is 1. The van der Waals surface area contributed by atoms with Crippen LogP contribution in [0.4, 0.5) is 10.1 Å².